The van der Waals surface area contributed by atoms with Crippen LogP contribution in [-0.2, 0) is 10.0 Å². The zero-order valence-corrected chi connectivity index (χ0v) is 20.7. The van der Waals surface area contributed by atoms with E-state index in [2.05, 4.69) is 45.7 Å². The Labute approximate surface area is 204 Å². The molecule has 1 aromatic carbocycles. The number of halogens is 1. The summed E-state index contributed by atoms with van der Waals surface area (Å²) in [5, 5.41) is 3.26. The minimum Gasteiger partial charge on any atom is -0.351 e. The first kappa shape index (κ1) is 24.0. The highest BCUT2D eigenvalue weighted by Gasteiger charge is 2.40. The molecule has 1 saturated heterocycles. The Hall–Kier alpha value is -3.17. The Morgan fingerprint density at radius 3 is 2.62 bits per heavy atom. The molecular weight excluding hydrogens is 474 g/mol. The average Bonchev–Trinajstić information content (AvgIpc) is 3.06. The second kappa shape index (κ2) is 9.23. The standard InChI is InChI=1S/C24H26ClN5O3S/c1-16-12-14-30(24(16,2)3)22-19(9-6-13-26-22)23(31)29-34(32,33)21-11-5-10-20(28-21)27-18-8-4-7-17(25)15-18/h4-11,13,15-16H,12,14H2,1-3H3,(H,27,28)(H,29,31). The summed E-state index contributed by atoms with van der Waals surface area (Å²) in [6.45, 7) is 7.08. The molecule has 2 N–H and O–H groups in total. The number of benzene rings is 1. The zero-order valence-electron chi connectivity index (χ0n) is 19.1. The third-order valence-electron chi connectivity index (χ3n) is 6.30. The maximum Gasteiger partial charge on any atom is 0.281 e. The van der Waals surface area contributed by atoms with Crippen LogP contribution in [0.5, 0.6) is 0 Å². The van der Waals surface area contributed by atoms with Gasteiger partial charge in [0.05, 0.1) is 5.56 Å². The van der Waals surface area contributed by atoms with Crippen molar-refractivity contribution in [3.05, 3.63) is 71.4 Å². The Morgan fingerprint density at radius 1 is 1.15 bits per heavy atom. The summed E-state index contributed by atoms with van der Waals surface area (Å²) in [5.74, 6) is 0.405. The fourth-order valence-corrected chi connectivity index (χ4v) is 5.10. The number of sulfonamides is 1. The monoisotopic (exact) mass is 499 g/mol. The number of nitrogens with zero attached hydrogens (tertiary/aromatic N) is 3. The van der Waals surface area contributed by atoms with E-state index in [0.717, 1.165) is 13.0 Å². The summed E-state index contributed by atoms with van der Waals surface area (Å²) in [7, 11) is -4.23. The van der Waals surface area contributed by atoms with Crippen LogP contribution in [0.15, 0.2) is 65.8 Å². The van der Waals surface area contributed by atoms with Gasteiger partial charge in [-0.2, -0.15) is 8.42 Å². The van der Waals surface area contributed by atoms with Gasteiger partial charge in [-0.05, 0) is 68.7 Å². The molecule has 0 aliphatic carbocycles. The molecule has 178 valence electrons. The number of hydrogen-bond acceptors (Lipinski definition) is 7. The van der Waals surface area contributed by atoms with E-state index in [-0.39, 0.29) is 16.1 Å². The first-order chi connectivity index (χ1) is 16.1. The molecule has 4 rings (SSSR count). The number of anilines is 3. The molecule has 34 heavy (non-hydrogen) atoms. The van der Waals surface area contributed by atoms with Gasteiger partial charge in [0.25, 0.3) is 15.9 Å². The highest BCUT2D eigenvalue weighted by molar-refractivity contribution is 7.90. The van der Waals surface area contributed by atoms with Gasteiger partial charge in [-0.15, -0.1) is 0 Å². The fraction of sp³-hybridized carbons (Fsp3) is 0.292. The lowest BCUT2D eigenvalue weighted by molar-refractivity contribution is 0.0981. The largest absolute Gasteiger partial charge is 0.351 e. The van der Waals surface area contributed by atoms with Crippen LogP contribution in [0.1, 0.15) is 37.6 Å². The highest BCUT2D eigenvalue weighted by Crippen LogP contribution is 2.38. The van der Waals surface area contributed by atoms with Crippen LogP contribution in [0.3, 0.4) is 0 Å². The van der Waals surface area contributed by atoms with Crippen molar-refractivity contribution in [1.82, 2.24) is 14.7 Å². The maximum absolute atomic E-state index is 13.1. The van der Waals surface area contributed by atoms with Crippen molar-refractivity contribution < 1.29 is 13.2 Å². The molecule has 1 aliphatic heterocycles. The van der Waals surface area contributed by atoms with Gasteiger partial charge < -0.3 is 10.2 Å². The summed E-state index contributed by atoms with van der Waals surface area (Å²) in [5.41, 5.74) is 0.631. The van der Waals surface area contributed by atoms with Crippen molar-refractivity contribution in [1.29, 1.82) is 0 Å². The van der Waals surface area contributed by atoms with Crippen LogP contribution >= 0.6 is 11.6 Å². The summed E-state index contributed by atoms with van der Waals surface area (Å²) >= 11 is 6.00. The second-order valence-corrected chi connectivity index (χ2v) is 10.9. The first-order valence-electron chi connectivity index (χ1n) is 10.9. The van der Waals surface area contributed by atoms with Crippen LogP contribution in [0.2, 0.25) is 5.02 Å². The van der Waals surface area contributed by atoms with Crippen LogP contribution in [-0.4, -0.2) is 36.4 Å². The number of carbonyl (C=O) groups is 1. The van der Waals surface area contributed by atoms with Crippen LogP contribution in [0.25, 0.3) is 0 Å². The third-order valence-corrected chi connectivity index (χ3v) is 7.76. The van der Waals surface area contributed by atoms with Crippen LogP contribution in [0.4, 0.5) is 17.3 Å². The maximum atomic E-state index is 13.1. The fourth-order valence-electron chi connectivity index (χ4n) is 3.98. The average molecular weight is 500 g/mol. The molecule has 3 aromatic rings. The van der Waals surface area contributed by atoms with Crippen molar-refractivity contribution >= 4 is 44.9 Å². The van der Waals surface area contributed by atoms with Gasteiger partial charge in [0.1, 0.15) is 11.6 Å². The second-order valence-electron chi connectivity index (χ2n) is 8.80. The van der Waals surface area contributed by atoms with Gasteiger partial charge in [-0.1, -0.05) is 30.7 Å². The summed E-state index contributed by atoms with van der Waals surface area (Å²) < 4.78 is 28.2. The molecule has 0 saturated carbocycles. The lowest BCUT2D eigenvalue weighted by atomic mass is 9.90. The van der Waals surface area contributed by atoms with E-state index in [9.17, 15) is 13.2 Å². The number of rotatable bonds is 6. The van der Waals surface area contributed by atoms with Crippen molar-refractivity contribution in [2.45, 2.75) is 37.8 Å². The van der Waals surface area contributed by atoms with Crippen molar-refractivity contribution in [3.8, 4) is 0 Å². The number of nitrogens with one attached hydrogen (secondary N) is 2. The van der Waals surface area contributed by atoms with E-state index >= 15 is 0 Å². The predicted molar refractivity (Wildman–Crippen MR) is 133 cm³/mol. The molecular formula is C24H26ClN5O3S. The smallest absolute Gasteiger partial charge is 0.281 e. The Balaban J connectivity index is 1.58. The molecule has 0 radical (unpaired) electrons. The van der Waals surface area contributed by atoms with Crippen molar-refractivity contribution in [3.63, 3.8) is 0 Å². The third kappa shape index (κ3) is 4.85. The molecule has 10 heteroatoms. The number of carbonyl (C=O) groups excluding carboxylic acids is 1. The minimum atomic E-state index is -4.23. The molecule has 1 amide bonds. The van der Waals surface area contributed by atoms with Gasteiger partial charge >= 0.3 is 0 Å². The number of amides is 1. The van der Waals surface area contributed by atoms with Gasteiger partial charge in [0.2, 0.25) is 0 Å². The van der Waals surface area contributed by atoms with E-state index in [4.69, 9.17) is 11.6 Å². The molecule has 1 atom stereocenters. The first-order valence-corrected chi connectivity index (χ1v) is 12.7. The van der Waals surface area contributed by atoms with E-state index in [1.807, 2.05) is 0 Å². The molecule has 3 heterocycles. The Bertz CT molecular complexity index is 1330. The lowest BCUT2D eigenvalue weighted by Gasteiger charge is -2.36. The SMILES string of the molecule is CC1CCN(c2ncccc2C(=O)NS(=O)(=O)c2cccc(Nc3cccc(Cl)c3)n2)C1(C)C. The van der Waals surface area contributed by atoms with Crippen molar-refractivity contribution in [2.24, 2.45) is 5.92 Å². The molecule has 1 aliphatic rings. The molecule has 2 aromatic heterocycles. The molecule has 1 fully saturated rings. The van der Waals surface area contributed by atoms with E-state index in [1.165, 1.54) is 6.07 Å². The Morgan fingerprint density at radius 2 is 1.91 bits per heavy atom. The zero-order chi connectivity index (χ0) is 24.5. The van der Waals surface area contributed by atoms with E-state index < -0.39 is 15.9 Å². The quantitative estimate of drug-likeness (QED) is 0.510. The van der Waals surface area contributed by atoms with E-state index in [1.54, 1.807) is 54.7 Å². The van der Waals surface area contributed by atoms with Crippen LogP contribution < -0.4 is 14.9 Å². The molecule has 0 bridgehead atoms. The number of aromatic nitrogens is 2. The number of pyridine rings is 2. The molecule has 8 nitrogen and oxygen atoms in total. The number of hydrogen-bond donors (Lipinski definition) is 2. The lowest BCUT2D eigenvalue weighted by Crippen LogP contribution is -2.43. The van der Waals surface area contributed by atoms with Gasteiger partial charge in [0.15, 0.2) is 5.03 Å². The topological polar surface area (TPSA) is 104 Å². The predicted octanol–water partition coefficient (Wildman–Crippen LogP) is 4.62. The molecule has 0 spiro atoms. The molecule has 1 unspecified atom stereocenters. The minimum absolute atomic E-state index is 0.196. The van der Waals surface area contributed by atoms with Crippen LogP contribution in [0, 0.1) is 5.92 Å². The van der Waals surface area contributed by atoms with E-state index in [0.29, 0.717) is 28.3 Å². The highest BCUT2D eigenvalue weighted by atomic mass is 35.5. The summed E-state index contributed by atoms with van der Waals surface area (Å²) in [6, 6.07) is 14.7. The van der Waals surface area contributed by atoms with Gasteiger partial charge in [-0.25, -0.2) is 14.7 Å². The summed E-state index contributed by atoms with van der Waals surface area (Å²) in [4.78, 5) is 23.7. The van der Waals surface area contributed by atoms with Crippen molar-refractivity contribution in [2.75, 3.05) is 16.8 Å². The summed E-state index contributed by atoms with van der Waals surface area (Å²) in [6.07, 6.45) is 2.56. The van der Waals surface area contributed by atoms with Gasteiger partial charge in [0, 0.05) is 29.0 Å². The Kier molecular flexibility index (Phi) is 6.51. The normalized spacial score (nSPS) is 17.4. The van der Waals surface area contributed by atoms with Gasteiger partial charge in [-0.3, -0.25) is 4.79 Å².